The van der Waals surface area contributed by atoms with Crippen LogP contribution in [0.25, 0.3) is 11.0 Å². The van der Waals surface area contributed by atoms with Gasteiger partial charge in [0.1, 0.15) is 0 Å². The molecule has 0 aliphatic carbocycles. The summed E-state index contributed by atoms with van der Waals surface area (Å²) in [6.45, 7) is -0.0962. The second-order valence-electron chi connectivity index (χ2n) is 4.96. The summed E-state index contributed by atoms with van der Waals surface area (Å²) < 4.78 is 12.6. The normalized spacial score (nSPS) is 12.2. The van der Waals surface area contributed by atoms with Crippen LogP contribution >= 0.6 is 0 Å². The SMILES string of the molecule is NCC(=O)Nc1ccccc1CS(=O)c1nc2ccccc2[nH]1. The smallest absolute Gasteiger partial charge is 0.238 e. The molecule has 6 nitrogen and oxygen atoms in total. The van der Waals surface area contributed by atoms with Crippen LogP contribution in [-0.4, -0.2) is 26.6 Å². The number of nitrogens with one attached hydrogen (secondary N) is 2. The average molecular weight is 328 g/mol. The van der Waals surface area contributed by atoms with Crippen LogP contribution in [0.5, 0.6) is 0 Å². The molecule has 1 heterocycles. The van der Waals surface area contributed by atoms with Gasteiger partial charge in [-0.05, 0) is 23.8 Å². The molecule has 0 bridgehead atoms. The lowest BCUT2D eigenvalue weighted by Crippen LogP contribution is -2.22. The molecule has 1 amide bonds. The molecule has 1 unspecified atom stereocenters. The number of nitrogens with zero attached hydrogens (tertiary/aromatic N) is 1. The highest BCUT2D eigenvalue weighted by Gasteiger charge is 2.13. The molecule has 2 aromatic carbocycles. The fourth-order valence-corrected chi connectivity index (χ4v) is 3.31. The van der Waals surface area contributed by atoms with Crippen molar-refractivity contribution in [3.8, 4) is 0 Å². The van der Waals surface area contributed by atoms with Crippen molar-refractivity contribution in [2.45, 2.75) is 10.9 Å². The zero-order chi connectivity index (χ0) is 16.2. The number of anilines is 1. The molecule has 1 aromatic heterocycles. The lowest BCUT2D eigenvalue weighted by atomic mass is 10.2. The first-order chi connectivity index (χ1) is 11.2. The molecule has 0 aliphatic heterocycles. The Morgan fingerprint density at radius 2 is 1.91 bits per heavy atom. The monoisotopic (exact) mass is 328 g/mol. The number of aromatic nitrogens is 2. The molecule has 7 heteroatoms. The third kappa shape index (κ3) is 3.46. The Balaban J connectivity index is 1.83. The van der Waals surface area contributed by atoms with Gasteiger partial charge in [-0.15, -0.1) is 0 Å². The maximum absolute atomic E-state index is 12.6. The van der Waals surface area contributed by atoms with E-state index in [1.165, 1.54) is 0 Å². The Bertz CT molecular complexity index is 842. The molecule has 0 aliphatic rings. The molecule has 0 spiro atoms. The Kier molecular flexibility index (Phi) is 4.50. The molecule has 118 valence electrons. The highest BCUT2D eigenvalue weighted by molar-refractivity contribution is 7.84. The average Bonchev–Trinajstić information content (AvgIpc) is 3.00. The summed E-state index contributed by atoms with van der Waals surface area (Å²) in [6.07, 6.45) is 0. The summed E-state index contributed by atoms with van der Waals surface area (Å²) in [4.78, 5) is 18.9. The fourth-order valence-electron chi connectivity index (χ4n) is 2.22. The van der Waals surface area contributed by atoms with Crippen LogP contribution in [0, 0.1) is 0 Å². The van der Waals surface area contributed by atoms with E-state index < -0.39 is 10.8 Å². The quantitative estimate of drug-likeness (QED) is 0.664. The summed E-state index contributed by atoms with van der Waals surface area (Å²) in [7, 11) is -1.34. The predicted octanol–water partition coefficient (Wildman–Crippen LogP) is 1.77. The third-order valence-corrected chi connectivity index (χ3v) is 4.54. The third-order valence-electron chi connectivity index (χ3n) is 3.35. The predicted molar refractivity (Wildman–Crippen MR) is 90.3 cm³/mol. The zero-order valence-electron chi connectivity index (χ0n) is 12.3. The number of carbonyl (C=O) groups is 1. The number of H-pyrrole nitrogens is 1. The van der Waals surface area contributed by atoms with Gasteiger partial charge < -0.3 is 16.0 Å². The molecule has 23 heavy (non-hydrogen) atoms. The van der Waals surface area contributed by atoms with Crippen molar-refractivity contribution < 1.29 is 9.00 Å². The molecular formula is C16H16N4O2S. The second kappa shape index (κ2) is 6.72. The van der Waals surface area contributed by atoms with E-state index in [0.29, 0.717) is 10.8 Å². The van der Waals surface area contributed by atoms with Crippen LogP contribution in [-0.2, 0) is 21.3 Å². The van der Waals surface area contributed by atoms with Crippen molar-refractivity contribution >= 4 is 33.4 Å². The number of hydrogen-bond donors (Lipinski definition) is 3. The second-order valence-corrected chi connectivity index (χ2v) is 6.32. The van der Waals surface area contributed by atoms with Crippen LogP contribution in [0.3, 0.4) is 0 Å². The van der Waals surface area contributed by atoms with Crippen molar-refractivity contribution in [2.24, 2.45) is 5.73 Å². The lowest BCUT2D eigenvalue weighted by Gasteiger charge is -2.09. The Morgan fingerprint density at radius 3 is 2.70 bits per heavy atom. The maximum Gasteiger partial charge on any atom is 0.238 e. The van der Waals surface area contributed by atoms with Crippen molar-refractivity contribution in [1.29, 1.82) is 0 Å². The van der Waals surface area contributed by atoms with Crippen LogP contribution in [0.4, 0.5) is 5.69 Å². The number of amides is 1. The lowest BCUT2D eigenvalue weighted by molar-refractivity contribution is -0.114. The van der Waals surface area contributed by atoms with Gasteiger partial charge in [-0.1, -0.05) is 30.3 Å². The van der Waals surface area contributed by atoms with E-state index in [-0.39, 0.29) is 18.2 Å². The zero-order valence-corrected chi connectivity index (χ0v) is 13.1. The number of aromatic amines is 1. The largest absolute Gasteiger partial charge is 0.331 e. The summed E-state index contributed by atoms with van der Waals surface area (Å²) >= 11 is 0. The summed E-state index contributed by atoms with van der Waals surface area (Å²) in [5.74, 6) is -0.0344. The molecular weight excluding hydrogens is 312 g/mol. The van der Waals surface area contributed by atoms with E-state index in [1.807, 2.05) is 36.4 Å². The fraction of sp³-hybridized carbons (Fsp3) is 0.125. The number of para-hydroxylation sites is 3. The Hall–Kier alpha value is -2.51. The van der Waals surface area contributed by atoms with E-state index >= 15 is 0 Å². The van der Waals surface area contributed by atoms with Gasteiger partial charge in [0.25, 0.3) is 0 Å². The van der Waals surface area contributed by atoms with E-state index in [9.17, 15) is 9.00 Å². The van der Waals surface area contributed by atoms with Crippen LogP contribution in [0.15, 0.2) is 53.7 Å². The first-order valence-corrected chi connectivity index (χ1v) is 8.40. The van der Waals surface area contributed by atoms with Gasteiger partial charge in [-0.2, -0.15) is 0 Å². The number of imidazole rings is 1. The van der Waals surface area contributed by atoms with Crippen molar-refractivity contribution in [2.75, 3.05) is 11.9 Å². The highest BCUT2D eigenvalue weighted by atomic mass is 32.2. The first-order valence-electron chi connectivity index (χ1n) is 7.08. The van der Waals surface area contributed by atoms with Gasteiger partial charge >= 0.3 is 0 Å². The van der Waals surface area contributed by atoms with E-state index in [0.717, 1.165) is 16.6 Å². The molecule has 0 fully saturated rings. The van der Waals surface area contributed by atoms with Crippen molar-refractivity contribution in [3.05, 3.63) is 54.1 Å². The van der Waals surface area contributed by atoms with Gasteiger partial charge in [0.15, 0.2) is 5.16 Å². The van der Waals surface area contributed by atoms with Gasteiger partial charge in [0.2, 0.25) is 5.91 Å². The minimum Gasteiger partial charge on any atom is -0.331 e. The van der Waals surface area contributed by atoms with Gasteiger partial charge in [-0.25, -0.2) is 4.98 Å². The van der Waals surface area contributed by atoms with Gasteiger partial charge in [0.05, 0.1) is 34.1 Å². The number of fused-ring (bicyclic) bond motifs is 1. The summed E-state index contributed by atoms with van der Waals surface area (Å²) in [5, 5.41) is 3.14. The maximum atomic E-state index is 12.6. The Labute approximate surface area is 135 Å². The Morgan fingerprint density at radius 1 is 1.17 bits per heavy atom. The molecule has 0 saturated carbocycles. The topological polar surface area (TPSA) is 101 Å². The number of rotatable bonds is 5. The van der Waals surface area contributed by atoms with Crippen LogP contribution < -0.4 is 11.1 Å². The minimum atomic E-state index is -1.34. The minimum absolute atomic E-state index is 0.0962. The number of nitrogens with two attached hydrogens (primary N) is 1. The van der Waals surface area contributed by atoms with Crippen molar-refractivity contribution in [1.82, 2.24) is 9.97 Å². The van der Waals surface area contributed by atoms with Crippen molar-refractivity contribution in [3.63, 3.8) is 0 Å². The van der Waals surface area contributed by atoms with Crippen LogP contribution in [0.2, 0.25) is 0 Å². The van der Waals surface area contributed by atoms with Gasteiger partial charge in [-0.3, -0.25) is 9.00 Å². The van der Waals surface area contributed by atoms with E-state index in [1.54, 1.807) is 12.1 Å². The molecule has 3 rings (SSSR count). The number of carbonyl (C=O) groups excluding carboxylic acids is 1. The van der Waals surface area contributed by atoms with E-state index in [2.05, 4.69) is 15.3 Å². The standard InChI is InChI=1S/C16H16N4O2S/c17-9-15(21)18-12-6-2-1-5-11(12)10-23(22)16-19-13-7-3-4-8-14(13)20-16/h1-8H,9-10,17H2,(H,18,21)(H,19,20). The summed E-state index contributed by atoms with van der Waals surface area (Å²) in [6, 6.07) is 14.8. The van der Waals surface area contributed by atoms with Gasteiger partial charge in [0, 0.05) is 5.69 Å². The van der Waals surface area contributed by atoms with Crippen LogP contribution in [0.1, 0.15) is 5.56 Å². The number of hydrogen-bond acceptors (Lipinski definition) is 4. The molecule has 3 aromatic rings. The van der Waals surface area contributed by atoms with E-state index in [4.69, 9.17) is 5.73 Å². The first kappa shape index (κ1) is 15.4. The summed E-state index contributed by atoms with van der Waals surface area (Å²) in [5.41, 5.74) is 8.33. The molecule has 0 radical (unpaired) electrons. The number of benzene rings is 2. The highest BCUT2D eigenvalue weighted by Crippen LogP contribution is 2.20. The molecule has 1 atom stereocenters. The molecule has 0 saturated heterocycles. The molecule has 4 N–H and O–H groups in total.